The van der Waals surface area contributed by atoms with Gasteiger partial charge in [-0.1, -0.05) is 0 Å². The summed E-state index contributed by atoms with van der Waals surface area (Å²) < 4.78 is 9.69. The third kappa shape index (κ3) is 2.47. The van der Waals surface area contributed by atoms with Crippen LogP contribution in [-0.4, -0.2) is 18.1 Å². The van der Waals surface area contributed by atoms with Crippen LogP contribution in [0.1, 0.15) is 5.69 Å². The highest BCUT2D eigenvalue weighted by molar-refractivity contribution is 7.13. The van der Waals surface area contributed by atoms with E-state index < -0.39 is 5.97 Å². The molecule has 0 aliphatic carbocycles. The normalized spacial score (nSPS) is 11.0. The zero-order valence-corrected chi connectivity index (χ0v) is 10.2. The number of nitrogens with zero attached hydrogens (tertiary/aromatic N) is 2. The second-order valence-electron chi connectivity index (χ2n) is 3.22. The summed E-state index contributed by atoms with van der Waals surface area (Å²) in [5.74, 6) is -0.0266. The Balaban J connectivity index is 2.28. The maximum absolute atomic E-state index is 11.2. The van der Waals surface area contributed by atoms with Crippen molar-refractivity contribution in [1.82, 2.24) is 4.98 Å². The van der Waals surface area contributed by atoms with Gasteiger partial charge in [-0.2, -0.15) is 5.26 Å². The Hall–Kier alpha value is -2.39. The third-order valence-corrected chi connectivity index (χ3v) is 2.95. The van der Waals surface area contributed by atoms with E-state index in [0.717, 1.165) is 0 Å². The Bertz CT molecular complexity index is 620. The van der Waals surface area contributed by atoms with Gasteiger partial charge < -0.3 is 9.15 Å². The summed E-state index contributed by atoms with van der Waals surface area (Å²) in [6, 6.07) is 5.33. The maximum atomic E-state index is 11.2. The first kappa shape index (κ1) is 12.1. The molecule has 0 unspecified atom stereocenters. The van der Waals surface area contributed by atoms with Gasteiger partial charge in [0.1, 0.15) is 11.6 Å². The molecule has 18 heavy (non-hydrogen) atoms. The van der Waals surface area contributed by atoms with Crippen molar-refractivity contribution in [3.63, 3.8) is 0 Å². The molecule has 0 aliphatic rings. The van der Waals surface area contributed by atoms with Crippen molar-refractivity contribution < 1.29 is 13.9 Å². The monoisotopic (exact) mass is 260 g/mol. The highest BCUT2D eigenvalue weighted by Gasteiger charge is 2.11. The van der Waals surface area contributed by atoms with Crippen molar-refractivity contribution in [2.24, 2.45) is 0 Å². The summed E-state index contributed by atoms with van der Waals surface area (Å²) in [5.41, 5.74) is 0.433. The Labute approximate surface area is 107 Å². The molecule has 5 nitrogen and oxygen atoms in total. The standard InChI is InChI=1S/C12H8N2O3S/c1-16-12(15)8(6-13)5-9-7-18-11(14-9)10-3-2-4-17-10/h2-5,7H,1H3/b8-5-. The third-order valence-electron chi connectivity index (χ3n) is 2.07. The Morgan fingerprint density at radius 3 is 3.11 bits per heavy atom. The number of rotatable bonds is 3. The van der Waals surface area contributed by atoms with Crippen LogP contribution < -0.4 is 0 Å². The zero-order chi connectivity index (χ0) is 13.0. The lowest BCUT2D eigenvalue weighted by Crippen LogP contribution is -2.02. The molecule has 0 radical (unpaired) electrons. The minimum Gasteiger partial charge on any atom is -0.465 e. The number of carbonyl (C=O) groups is 1. The average molecular weight is 260 g/mol. The molecule has 0 amide bonds. The molecule has 0 N–H and O–H groups in total. The van der Waals surface area contributed by atoms with Gasteiger partial charge in [-0.25, -0.2) is 9.78 Å². The predicted molar refractivity (Wildman–Crippen MR) is 65.4 cm³/mol. The number of furan rings is 1. The number of hydrogen-bond acceptors (Lipinski definition) is 6. The number of aromatic nitrogens is 1. The van der Waals surface area contributed by atoms with Gasteiger partial charge in [0.2, 0.25) is 0 Å². The lowest BCUT2D eigenvalue weighted by Gasteiger charge is -1.93. The van der Waals surface area contributed by atoms with E-state index in [9.17, 15) is 4.79 Å². The fourth-order valence-corrected chi connectivity index (χ4v) is 2.00. The van der Waals surface area contributed by atoms with Crippen LogP contribution in [0.4, 0.5) is 0 Å². The molecule has 0 aromatic carbocycles. The van der Waals surface area contributed by atoms with Crippen LogP contribution in [0.3, 0.4) is 0 Å². The van der Waals surface area contributed by atoms with E-state index in [1.54, 1.807) is 29.8 Å². The zero-order valence-electron chi connectivity index (χ0n) is 9.41. The van der Waals surface area contributed by atoms with E-state index in [-0.39, 0.29) is 5.57 Å². The first-order valence-corrected chi connectivity index (χ1v) is 5.82. The van der Waals surface area contributed by atoms with Crippen molar-refractivity contribution in [3.8, 4) is 16.8 Å². The van der Waals surface area contributed by atoms with Gasteiger partial charge in [0, 0.05) is 5.38 Å². The largest absolute Gasteiger partial charge is 0.465 e. The number of thiazole rings is 1. The van der Waals surface area contributed by atoms with Crippen LogP contribution in [-0.2, 0) is 9.53 Å². The molecule has 0 spiro atoms. The van der Waals surface area contributed by atoms with Crippen molar-refractivity contribution in [2.45, 2.75) is 0 Å². The molecule has 90 valence electrons. The van der Waals surface area contributed by atoms with E-state index in [4.69, 9.17) is 9.68 Å². The molecule has 0 atom stereocenters. The van der Waals surface area contributed by atoms with Crippen LogP contribution in [0.15, 0.2) is 33.8 Å². The topological polar surface area (TPSA) is 76.1 Å². The van der Waals surface area contributed by atoms with Gasteiger partial charge in [0.25, 0.3) is 0 Å². The Kier molecular flexibility index (Phi) is 3.55. The summed E-state index contributed by atoms with van der Waals surface area (Å²) in [5, 5.41) is 11.2. The molecule has 2 aromatic rings. The van der Waals surface area contributed by atoms with Crippen LogP contribution in [0, 0.1) is 11.3 Å². The minimum absolute atomic E-state index is 0.0891. The van der Waals surface area contributed by atoms with E-state index in [0.29, 0.717) is 16.5 Å². The molecule has 0 saturated carbocycles. The number of carbonyl (C=O) groups excluding carboxylic acids is 1. The maximum Gasteiger partial charge on any atom is 0.348 e. The molecule has 0 fully saturated rings. The van der Waals surface area contributed by atoms with Crippen molar-refractivity contribution in [1.29, 1.82) is 5.26 Å². The molecule has 2 heterocycles. The van der Waals surface area contributed by atoms with Crippen molar-refractivity contribution >= 4 is 23.4 Å². The quantitative estimate of drug-likeness (QED) is 0.481. The molecule has 2 aromatic heterocycles. The van der Waals surface area contributed by atoms with Crippen LogP contribution in [0.2, 0.25) is 0 Å². The number of methoxy groups -OCH3 is 1. The summed E-state index contributed by atoms with van der Waals surface area (Å²) in [6.45, 7) is 0. The van der Waals surface area contributed by atoms with E-state index in [1.165, 1.54) is 24.5 Å². The average Bonchev–Trinajstić information content (AvgIpc) is 3.05. The molecule has 0 bridgehead atoms. The van der Waals surface area contributed by atoms with E-state index in [2.05, 4.69) is 9.72 Å². The summed E-state index contributed by atoms with van der Waals surface area (Å²) in [6.07, 6.45) is 2.94. The summed E-state index contributed by atoms with van der Waals surface area (Å²) in [4.78, 5) is 15.5. The Morgan fingerprint density at radius 1 is 1.67 bits per heavy atom. The van der Waals surface area contributed by atoms with Gasteiger partial charge in [0.15, 0.2) is 10.8 Å². The fourth-order valence-electron chi connectivity index (χ4n) is 1.26. The first-order chi connectivity index (χ1) is 8.74. The number of hydrogen-bond donors (Lipinski definition) is 0. The van der Waals surface area contributed by atoms with Crippen LogP contribution in [0.25, 0.3) is 16.8 Å². The Morgan fingerprint density at radius 2 is 2.50 bits per heavy atom. The first-order valence-electron chi connectivity index (χ1n) is 4.94. The van der Waals surface area contributed by atoms with Gasteiger partial charge in [-0.3, -0.25) is 0 Å². The molecule has 0 saturated heterocycles. The molecule has 0 aliphatic heterocycles. The van der Waals surface area contributed by atoms with Gasteiger partial charge in [-0.15, -0.1) is 11.3 Å². The smallest absolute Gasteiger partial charge is 0.348 e. The summed E-state index contributed by atoms with van der Waals surface area (Å²) >= 11 is 1.37. The highest BCUT2D eigenvalue weighted by atomic mass is 32.1. The molecular weight excluding hydrogens is 252 g/mol. The second-order valence-corrected chi connectivity index (χ2v) is 4.07. The highest BCUT2D eigenvalue weighted by Crippen LogP contribution is 2.24. The number of nitriles is 1. The van der Waals surface area contributed by atoms with Gasteiger partial charge >= 0.3 is 5.97 Å². The van der Waals surface area contributed by atoms with Crippen LogP contribution >= 0.6 is 11.3 Å². The van der Waals surface area contributed by atoms with Gasteiger partial charge in [-0.05, 0) is 18.2 Å². The SMILES string of the molecule is COC(=O)/C(C#N)=C\c1csc(-c2ccco2)n1. The summed E-state index contributed by atoms with van der Waals surface area (Å²) in [7, 11) is 1.23. The van der Waals surface area contributed by atoms with E-state index >= 15 is 0 Å². The second kappa shape index (κ2) is 5.29. The predicted octanol–water partition coefficient (Wildman–Crippen LogP) is 2.48. The molecule has 2 rings (SSSR count). The number of ether oxygens (including phenoxy) is 1. The minimum atomic E-state index is -0.676. The number of esters is 1. The van der Waals surface area contributed by atoms with Crippen molar-refractivity contribution in [2.75, 3.05) is 7.11 Å². The lowest BCUT2D eigenvalue weighted by molar-refractivity contribution is -0.135. The van der Waals surface area contributed by atoms with Gasteiger partial charge in [0.05, 0.1) is 19.1 Å². The van der Waals surface area contributed by atoms with E-state index in [1.807, 2.05) is 0 Å². The lowest BCUT2D eigenvalue weighted by atomic mass is 10.2. The van der Waals surface area contributed by atoms with Crippen molar-refractivity contribution in [3.05, 3.63) is 35.0 Å². The molecule has 6 heteroatoms. The fraction of sp³-hybridized carbons (Fsp3) is 0.0833. The molecular formula is C12H8N2O3S. The van der Waals surface area contributed by atoms with Crippen LogP contribution in [0.5, 0.6) is 0 Å².